The molecular weight excluding hydrogens is 371 g/mol. The molecule has 1 amide bonds. The lowest BCUT2D eigenvalue weighted by Gasteiger charge is -2.28. The van der Waals surface area contributed by atoms with Crippen molar-refractivity contribution in [3.63, 3.8) is 0 Å². The molecule has 0 spiro atoms. The highest BCUT2D eigenvalue weighted by Crippen LogP contribution is 2.49. The zero-order valence-corrected chi connectivity index (χ0v) is 16.2. The molecule has 4 atom stereocenters. The number of halogens is 3. The number of rotatable bonds is 4. The van der Waals surface area contributed by atoms with Crippen LogP contribution in [-0.4, -0.2) is 31.5 Å². The summed E-state index contributed by atoms with van der Waals surface area (Å²) in [5.41, 5.74) is 1.53. The van der Waals surface area contributed by atoms with Gasteiger partial charge in [0.15, 0.2) is 0 Å². The van der Waals surface area contributed by atoms with Crippen molar-refractivity contribution in [2.24, 2.45) is 17.8 Å². The molecule has 0 aromatic carbocycles. The Morgan fingerprint density at radius 1 is 1.25 bits per heavy atom. The largest absolute Gasteiger partial charge is 0.453 e. The normalized spacial score (nSPS) is 25.4. The summed E-state index contributed by atoms with van der Waals surface area (Å²) in [4.78, 5) is 20.2. The molecule has 0 radical (unpaired) electrons. The zero-order valence-electron chi connectivity index (χ0n) is 16.2. The maximum Gasteiger partial charge on any atom is 0.453 e. The van der Waals surface area contributed by atoms with Crippen LogP contribution in [0.25, 0.3) is 5.78 Å². The highest BCUT2D eigenvalue weighted by molar-refractivity contribution is 5.79. The Balaban J connectivity index is 1.51. The molecule has 2 aromatic rings. The number of carbonyl (C=O) groups excluding carboxylic acids is 1. The van der Waals surface area contributed by atoms with Gasteiger partial charge in [-0.05, 0) is 57.8 Å². The van der Waals surface area contributed by atoms with Gasteiger partial charge in [-0.2, -0.15) is 18.2 Å². The number of fused-ring (bicyclic) bond motifs is 3. The molecule has 0 saturated heterocycles. The van der Waals surface area contributed by atoms with Crippen LogP contribution in [0, 0.1) is 31.6 Å². The summed E-state index contributed by atoms with van der Waals surface area (Å²) in [6.45, 7) is 5.37. The van der Waals surface area contributed by atoms with Gasteiger partial charge in [0.25, 0.3) is 11.6 Å². The Kier molecular flexibility index (Phi) is 4.58. The van der Waals surface area contributed by atoms with Crippen molar-refractivity contribution in [1.29, 1.82) is 0 Å². The zero-order chi connectivity index (χ0) is 20.2. The predicted molar refractivity (Wildman–Crippen MR) is 95.5 cm³/mol. The average Bonchev–Trinajstić information content (AvgIpc) is 3.32. The molecule has 1 N–H and O–H groups in total. The Bertz CT molecular complexity index is 922. The second-order valence-corrected chi connectivity index (χ2v) is 8.28. The Morgan fingerprint density at radius 3 is 2.61 bits per heavy atom. The van der Waals surface area contributed by atoms with Crippen LogP contribution in [0.15, 0.2) is 0 Å². The minimum Gasteiger partial charge on any atom is -0.353 e. The minimum atomic E-state index is -4.64. The number of amides is 1. The molecule has 2 aliphatic carbocycles. The van der Waals surface area contributed by atoms with Gasteiger partial charge in [-0.3, -0.25) is 4.79 Å². The lowest BCUT2D eigenvalue weighted by Crippen LogP contribution is -2.41. The number of hydrogen-bond acceptors (Lipinski definition) is 4. The number of hydrogen-bond donors (Lipinski definition) is 1. The van der Waals surface area contributed by atoms with E-state index in [-0.39, 0.29) is 24.1 Å². The highest BCUT2D eigenvalue weighted by Gasteiger charge is 2.42. The minimum absolute atomic E-state index is 0.0625. The summed E-state index contributed by atoms with van der Waals surface area (Å²) in [6, 6.07) is 0.100. The van der Waals surface area contributed by atoms with E-state index in [1.54, 1.807) is 13.8 Å². The van der Waals surface area contributed by atoms with Crippen molar-refractivity contribution in [3.8, 4) is 0 Å². The van der Waals surface area contributed by atoms with E-state index in [2.05, 4.69) is 27.3 Å². The van der Waals surface area contributed by atoms with Gasteiger partial charge in [-0.25, -0.2) is 9.50 Å². The van der Waals surface area contributed by atoms with Crippen molar-refractivity contribution < 1.29 is 18.0 Å². The van der Waals surface area contributed by atoms with E-state index in [9.17, 15) is 18.0 Å². The number of nitrogens with zero attached hydrogens (tertiary/aromatic N) is 4. The Labute approximate surface area is 160 Å². The van der Waals surface area contributed by atoms with Crippen LogP contribution < -0.4 is 5.32 Å². The number of alkyl halides is 3. The predicted octanol–water partition coefficient (Wildman–Crippen LogP) is 3.24. The molecule has 4 rings (SSSR count). The topological polar surface area (TPSA) is 72.2 Å². The summed E-state index contributed by atoms with van der Waals surface area (Å²) < 4.78 is 39.7. The van der Waals surface area contributed by atoms with E-state index in [0.717, 1.165) is 10.4 Å². The number of carbonyl (C=O) groups is 1. The Hall–Kier alpha value is -2.19. The second-order valence-electron chi connectivity index (χ2n) is 8.28. The first-order valence-electron chi connectivity index (χ1n) is 9.73. The van der Waals surface area contributed by atoms with Gasteiger partial charge < -0.3 is 5.32 Å². The summed E-state index contributed by atoms with van der Waals surface area (Å²) in [6.07, 6.45) is 0.439. The third kappa shape index (κ3) is 3.35. The van der Waals surface area contributed by atoms with Gasteiger partial charge in [0.05, 0.1) is 6.42 Å². The van der Waals surface area contributed by atoms with Gasteiger partial charge >= 0.3 is 6.18 Å². The van der Waals surface area contributed by atoms with Crippen LogP contribution in [0.2, 0.25) is 0 Å². The van der Waals surface area contributed by atoms with E-state index in [1.165, 1.54) is 25.7 Å². The van der Waals surface area contributed by atoms with E-state index in [4.69, 9.17) is 0 Å². The van der Waals surface area contributed by atoms with Crippen molar-refractivity contribution in [2.45, 2.75) is 65.1 Å². The quantitative estimate of drug-likeness (QED) is 0.863. The highest BCUT2D eigenvalue weighted by atomic mass is 19.4. The van der Waals surface area contributed by atoms with E-state index < -0.39 is 12.0 Å². The molecule has 2 fully saturated rings. The molecule has 4 unspecified atom stereocenters. The fourth-order valence-corrected chi connectivity index (χ4v) is 5.06. The second kappa shape index (κ2) is 6.70. The number of aromatic nitrogens is 4. The third-order valence-corrected chi connectivity index (χ3v) is 6.46. The van der Waals surface area contributed by atoms with Gasteiger partial charge in [-0.1, -0.05) is 6.42 Å². The molecule has 2 aromatic heterocycles. The molecule has 0 aliphatic heterocycles. The third-order valence-electron chi connectivity index (χ3n) is 6.46. The molecule has 2 saturated carbocycles. The summed E-state index contributed by atoms with van der Waals surface area (Å²) >= 11 is 0. The maximum absolute atomic E-state index is 12.9. The van der Waals surface area contributed by atoms with Crippen LogP contribution >= 0.6 is 0 Å². The maximum atomic E-state index is 12.9. The van der Waals surface area contributed by atoms with Crippen LogP contribution in [0.4, 0.5) is 13.2 Å². The lowest BCUT2D eigenvalue weighted by atomic mass is 9.84. The van der Waals surface area contributed by atoms with Crippen molar-refractivity contribution in [1.82, 2.24) is 24.9 Å². The Morgan fingerprint density at radius 2 is 2.00 bits per heavy atom. The van der Waals surface area contributed by atoms with Crippen LogP contribution in [0.5, 0.6) is 0 Å². The molecule has 152 valence electrons. The summed E-state index contributed by atoms with van der Waals surface area (Å²) in [7, 11) is 0. The molecule has 2 aliphatic rings. The monoisotopic (exact) mass is 395 g/mol. The number of nitrogens with one attached hydrogen (secondary N) is 1. The average molecular weight is 395 g/mol. The standard InChI is InChI=1S/C19H24F3N5O/c1-9-14(11(3)27-18(24-9)25-17(26-27)19(20,21)22)8-16(28)23-10(2)15-7-12-4-5-13(15)6-12/h10,12-13,15H,4-8H2,1-3H3,(H,23,28). The first kappa shape index (κ1) is 19.1. The van der Waals surface area contributed by atoms with Crippen LogP contribution in [0.3, 0.4) is 0 Å². The van der Waals surface area contributed by atoms with Gasteiger partial charge in [0.2, 0.25) is 5.91 Å². The number of aryl methyl sites for hydroxylation is 2. The SMILES string of the molecule is Cc1nc2nc(C(F)(F)F)nn2c(C)c1CC(=O)NC(C)C1CC2CCC1C2. The van der Waals surface area contributed by atoms with Gasteiger partial charge in [0.1, 0.15) is 0 Å². The van der Waals surface area contributed by atoms with Crippen molar-refractivity contribution in [2.75, 3.05) is 0 Å². The van der Waals surface area contributed by atoms with Gasteiger partial charge in [-0.15, -0.1) is 5.10 Å². The molecule has 2 bridgehead atoms. The summed E-state index contributed by atoms with van der Waals surface area (Å²) in [5, 5.41) is 6.62. The first-order chi connectivity index (χ1) is 13.1. The molecule has 9 heteroatoms. The van der Waals surface area contributed by atoms with Crippen molar-refractivity contribution >= 4 is 11.7 Å². The smallest absolute Gasteiger partial charge is 0.353 e. The lowest BCUT2D eigenvalue weighted by molar-refractivity contribution is -0.144. The van der Waals surface area contributed by atoms with Crippen LogP contribution in [-0.2, 0) is 17.4 Å². The van der Waals surface area contributed by atoms with E-state index in [0.29, 0.717) is 28.8 Å². The van der Waals surface area contributed by atoms with Crippen LogP contribution in [0.1, 0.15) is 55.4 Å². The van der Waals surface area contributed by atoms with E-state index >= 15 is 0 Å². The first-order valence-corrected chi connectivity index (χ1v) is 9.73. The molecule has 28 heavy (non-hydrogen) atoms. The molecule has 2 heterocycles. The molecule has 6 nitrogen and oxygen atoms in total. The fourth-order valence-electron chi connectivity index (χ4n) is 5.06. The van der Waals surface area contributed by atoms with E-state index in [1.807, 2.05) is 0 Å². The fraction of sp³-hybridized carbons (Fsp3) is 0.684. The van der Waals surface area contributed by atoms with Crippen molar-refractivity contribution in [3.05, 3.63) is 22.8 Å². The van der Waals surface area contributed by atoms with Gasteiger partial charge in [0, 0.05) is 23.0 Å². The molecular formula is C19H24F3N5O. The summed E-state index contributed by atoms with van der Waals surface area (Å²) in [5.74, 6) is 0.558.